The van der Waals surface area contributed by atoms with Gasteiger partial charge in [0.15, 0.2) is 0 Å². The van der Waals surface area contributed by atoms with E-state index in [1.807, 2.05) is 24.3 Å². The number of rotatable bonds is 3. The molecule has 0 aliphatic carbocycles. The Hall–Kier alpha value is -3.13. The first kappa shape index (κ1) is 14.8. The van der Waals surface area contributed by atoms with Gasteiger partial charge in [-0.25, -0.2) is 4.39 Å². The Balaban J connectivity index is 1.83. The molecule has 0 radical (unpaired) electrons. The van der Waals surface area contributed by atoms with Gasteiger partial charge in [0, 0.05) is 22.8 Å². The van der Waals surface area contributed by atoms with Crippen molar-refractivity contribution in [3.63, 3.8) is 0 Å². The Kier molecular flexibility index (Phi) is 3.82. The molecule has 0 saturated carbocycles. The van der Waals surface area contributed by atoms with Crippen molar-refractivity contribution in [2.24, 2.45) is 0 Å². The SMILES string of the molecule is Cc1ccc(NC(=O)Cn2cc(C#N)c3ccccc32)cc1F. The van der Waals surface area contributed by atoms with Gasteiger partial charge in [0.2, 0.25) is 5.91 Å². The number of carbonyl (C=O) groups excluding carboxylic acids is 1. The normalized spacial score (nSPS) is 10.5. The molecule has 4 nitrogen and oxygen atoms in total. The number of benzene rings is 2. The fourth-order valence-electron chi connectivity index (χ4n) is 2.49. The smallest absolute Gasteiger partial charge is 0.244 e. The van der Waals surface area contributed by atoms with Gasteiger partial charge in [0.25, 0.3) is 0 Å². The lowest BCUT2D eigenvalue weighted by atomic mass is 10.2. The first-order valence-electron chi connectivity index (χ1n) is 7.12. The lowest BCUT2D eigenvalue weighted by Gasteiger charge is -2.08. The van der Waals surface area contributed by atoms with Crippen LogP contribution in [-0.2, 0) is 11.3 Å². The summed E-state index contributed by atoms with van der Waals surface area (Å²) >= 11 is 0. The summed E-state index contributed by atoms with van der Waals surface area (Å²) in [7, 11) is 0. The average molecular weight is 307 g/mol. The van der Waals surface area contributed by atoms with Gasteiger partial charge in [-0.2, -0.15) is 5.26 Å². The van der Waals surface area contributed by atoms with Crippen molar-refractivity contribution < 1.29 is 9.18 Å². The fourth-order valence-corrected chi connectivity index (χ4v) is 2.49. The lowest BCUT2D eigenvalue weighted by Crippen LogP contribution is -2.18. The molecule has 1 N–H and O–H groups in total. The molecule has 114 valence electrons. The molecule has 1 amide bonds. The van der Waals surface area contributed by atoms with E-state index in [0.29, 0.717) is 16.8 Å². The molecule has 0 atom stereocenters. The van der Waals surface area contributed by atoms with Crippen LogP contribution in [0.3, 0.4) is 0 Å². The maximum atomic E-state index is 13.5. The van der Waals surface area contributed by atoms with Crippen molar-refractivity contribution in [2.45, 2.75) is 13.5 Å². The average Bonchev–Trinajstić information content (AvgIpc) is 2.89. The van der Waals surface area contributed by atoms with Crippen molar-refractivity contribution in [1.29, 1.82) is 5.26 Å². The molecular formula is C18H14FN3O. The standard InChI is InChI=1S/C18H14FN3O/c1-12-6-7-14(8-16(12)19)21-18(23)11-22-10-13(9-20)15-4-2-3-5-17(15)22/h2-8,10H,11H2,1H3,(H,21,23). The zero-order valence-electron chi connectivity index (χ0n) is 12.5. The van der Waals surface area contributed by atoms with Crippen LogP contribution in [0.1, 0.15) is 11.1 Å². The van der Waals surface area contributed by atoms with Gasteiger partial charge in [0.05, 0.1) is 5.56 Å². The van der Waals surface area contributed by atoms with E-state index in [0.717, 1.165) is 10.9 Å². The molecule has 2 aromatic carbocycles. The van der Waals surface area contributed by atoms with Crippen molar-refractivity contribution >= 4 is 22.5 Å². The van der Waals surface area contributed by atoms with Gasteiger partial charge in [0.1, 0.15) is 18.4 Å². The van der Waals surface area contributed by atoms with Crippen molar-refractivity contribution in [3.05, 3.63) is 65.6 Å². The van der Waals surface area contributed by atoms with E-state index in [2.05, 4.69) is 11.4 Å². The molecule has 23 heavy (non-hydrogen) atoms. The Labute approximate surface area is 132 Å². The van der Waals surface area contributed by atoms with E-state index in [1.54, 1.807) is 29.8 Å². The second-order valence-corrected chi connectivity index (χ2v) is 5.31. The summed E-state index contributed by atoms with van der Waals surface area (Å²) in [5, 5.41) is 12.6. The van der Waals surface area contributed by atoms with Gasteiger partial charge in [-0.3, -0.25) is 4.79 Å². The molecule has 1 aromatic heterocycles. The molecule has 0 fully saturated rings. The van der Waals surface area contributed by atoms with Crippen LogP contribution in [-0.4, -0.2) is 10.5 Å². The molecule has 0 aliphatic heterocycles. The van der Waals surface area contributed by atoms with Crippen molar-refractivity contribution in [3.8, 4) is 6.07 Å². The molecule has 0 unspecified atom stereocenters. The predicted molar refractivity (Wildman–Crippen MR) is 86.4 cm³/mol. The van der Waals surface area contributed by atoms with Crippen LogP contribution in [0.5, 0.6) is 0 Å². The second kappa shape index (κ2) is 5.93. The van der Waals surface area contributed by atoms with Gasteiger partial charge in [-0.15, -0.1) is 0 Å². The number of fused-ring (bicyclic) bond motifs is 1. The Morgan fingerprint density at radius 1 is 1.30 bits per heavy atom. The number of para-hydroxylation sites is 1. The summed E-state index contributed by atoms with van der Waals surface area (Å²) in [5.74, 6) is -0.639. The van der Waals surface area contributed by atoms with Crippen LogP contribution in [0.25, 0.3) is 10.9 Å². The zero-order valence-corrected chi connectivity index (χ0v) is 12.5. The number of aryl methyl sites for hydroxylation is 1. The number of anilines is 1. The monoisotopic (exact) mass is 307 g/mol. The molecule has 0 saturated heterocycles. The Bertz CT molecular complexity index is 937. The van der Waals surface area contributed by atoms with Gasteiger partial charge in [-0.1, -0.05) is 24.3 Å². The number of nitrogens with zero attached hydrogens (tertiary/aromatic N) is 2. The highest BCUT2D eigenvalue weighted by Gasteiger charge is 2.11. The molecule has 0 aliphatic rings. The largest absolute Gasteiger partial charge is 0.337 e. The van der Waals surface area contributed by atoms with Crippen LogP contribution < -0.4 is 5.32 Å². The van der Waals surface area contributed by atoms with E-state index in [4.69, 9.17) is 5.26 Å². The first-order chi connectivity index (χ1) is 11.1. The number of amides is 1. The van der Waals surface area contributed by atoms with E-state index in [9.17, 15) is 9.18 Å². The molecule has 3 rings (SSSR count). The zero-order chi connectivity index (χ0) is 16.4. The van der Waals surface area contributed by atoms with Gasteiger partial charge >= 0.3 is 0 Å². The summed E-state index contributed by atoms with van der Waals surface area (Å²) in [6.07, 6.45) is 1.65. The topological polar surface area (TPSA) is 57.8 Å². The van der Waals surface area contributed by atoms with E-state index in [-0.39, 0.29) is 18.3 Å². The lowest BCUT2D eigenvalue weighted by molar-refractivity contribution is -0.116. The van der Waals surface area contributed by atoms with Gasteiger partial charge in [-0.05, 0) is 30.7 Å². The quantitative estimate of drug-likeness (QED) is 0.803. The highest BCUT2D eigenvalue weighted by molar-refractivity contribution is 5.93. The molecule has 5 heteroatoms. The van der Waals surface area contributed by atoms with Crippen LogP contribution in [0, 0.1) is 24.1 Å². The maximum Gasteiger partial charge on any atom is 0.244 e. The minimum absolute atomic E-state index is 0.0533. The summed E-state index contributed by atoms with van der Waals surface area (Å²) in [6, 6.07) is 14.1. The number of aromatic nitrogens is 1. The first-order valence-corrected chi connectivity index (χ1v) is 7.12. The minimum Gasteiger partial charge on any atom is -0.337 e. The highest BCUT2D eigenvalue weighted by Crippen LogP contribution is 2.21. The van der Waals surface area contributed by atoms with E-state index in [1.165, 1.54) is 6.07 Å². The molecule has 3 aromatic rings. The Morgan fingerprint density at radius 3 is 2.83 bits per heavy atom. The third-order valence-corrected chi connectivity index (χ3v) is 3.68. The number of nitriles is 1. The van der Waals surface area contributed by atoms with E-state index >= 15 is 0 Å². The number of halogens is 1. The fraction of sp³-hybridized carbons (Fsp3) is 0.111. The Morgan fingerprint density at radius 2 is 2.09 bits per heavy atom. The highest BCUT2D eigenvalue weighted by atomic mass is 19.1. The number of nitrogens with one attached hydrogen (secondary N) is 1. The second-order valence-electron chi connectivity index (χ2n) is 5.31. The summed E-state index contributed by atoms with van der Waals surface area (Å²) in [5.41, 5.74) is 2.28. The summed E-state index contributed by atoms with van der Waals surface area (Å²) in [4.78, 5) is 12.2. The van der Waals surface area contributed by atoms with Crippen molar-refractivity contribution in [1.82, 2.24) is 4.57 Å². The van der Waals surface area contributed by atoms with Crippen molar-refractivity contribution in [2.75, 3.05) is 5.32 Å². The number of hydrogen-bond donors (Lipinski definition) is 1. The molecule has 1 heterocycles. The summed E-state index contributed by atoms with van der Waals surface area (Å²) < 4.78 is 15.2. The molecule has 0 spiro atoms. The third-order valence-electron chi connectivity index (χ3n) is 3.68. The van der Waals surface area contributed by atoms with Crippen LogP contribution in [0.2, 0.25) is 0 Å². The molecular weight excluding hydrogens is 293 g/mol. The molecule has 0 bridgehead atoms. The number of carbonyl (C=O) groups is 1. The third kappa shape index (κ3) is 2.92. The predicted octanol–water partition coefficient (Wildman–Crippen LogP) is 3.60. The van der Waals surface area contributed by atoms with Gasteiger partial charge < -0.3 is 9.88 Å². The summed E-state index contributed by atoms with van der Waals surface area (Å²) in [6.45, 7) is 1.72. The maximum absolute atomic E-state index is 13.5. The van der Waals surface area contributed by atoms with E-state index < -0.39 is 0 Å². The van der Waals surface area contributed by atoms with Crippen LogP contribution >= 0.6 is 0 Å². The minimum atomic E-state index is -0.360. The van der Waals surface area contributed by atoms with Crippen LogP contribution in [0.15, 0.2) is 48.7 Å². The number of hydrogen-bond acceptors (Lipinski definition) is 2. The van der Waals surface area contributed by atoms with Crippen LogP contribution in [0.4, 0.5) is 10.1 Å².